The van der Waals surface area contributed by atoms with E-state index in [-0.39, 0.29) is 32.7 Å². The number of benzene rings is 1. The Balaban J connectivity index is 0.000000980. The van der Waals surface area contributed by atoms with Gasteiger partial charge in [0, 0.05) is 32.7 Å². The molecule has 0 amide bonds. The molecule has 0 aromatic heterocycles. The first kappa shape index (κ1) is 12.3. The third-order valence-electron chi connectivity index (χ3n) is 3.06. The SMILES string of the molecule is [CH2-]c1ccc(C2CCCCC2)cc1.[Y]. The third kappa shape index (κ3) is 3.10. The van der Waals surface area contributed by atoms with Gasteiger partial charge >= 0.3 is 0 Å². The quantitative estimate of drug-likeness (QED) is 0.673. The van der Waals surface area contributed by atoms with Gasteiger partial charge in [0.05, 0.1) is 0 Å². The molecule has 0 nitrogen and oxygen atoms in total. The van der Waals surface area contributed by atoms with E-state index in [9.17, 15) is 0 Å². The number of rotatable bonds is 1. The summed E-state index contributed by atoms with van der Waals surface area (Å²) in [6.45, 7) is 3.91. The maximum absolute atomic E-state index is 3.91. The normalized spacial score (nSPS) is 17.4. The molecule has 1 aromatic carbocycles. The Labute approximate surface area is 112 Å². The first-order valence-electron chi connectivity index (χ1n) is 5.28. The van der Waals surface area contributed by atoms with Crippen molar-refractivity contribution in [2.75, 3.05) is 0 Å². The van der Waals surface area contributed by atoms with Crippen molar-refractivity contribution in [3.05, 3.63) is 42.3 Å². The fourth-order valence-corrected chi connectivity index (χ4v) is 2.23. The molecule has 2 rings (SSSR count). The van der Waals surface area contributed by atoms with Crippen LogP contribution in [0.5, 0.6) is 0 Å². The van der Waals surface area contributed by atoms with Gasteiger partial charge in [0.25, 0.3) is 0 Å². The van der Waals surface area contributed by atoms with Crippen LogP contribution in [0.1, 0.15) is 49.1 Å². The minimum absolute atomic E-state index is 0. The van der Waals surface area contributed by atoms with Crippen molar-refractivity contribution in [1.29, 1.82) is 0 Å². The van der Waals surface area contributed by atoms with Crippen LogP contribution >= 0.6 is 0 Å². The van der Waals surface area contributed by atoms with E-state index in [1.165, 1.54) is 37.7 Å². The van der Waals surface area contributed by atoms with Crippen LogP contribution in [0, 0.1) is 6.92 Å². The minimum Gasteiger partial charge on any atom is -0.199 e. The van der Waals surface area contributed by atoms with Crippen LogP contribution in [0.2, 0.25) is 0 Å². The molecule has 0 unspecified atom stereocenters. The second-order valence-corrected chi connectivity index (χ2v) is 4.08. The maximum Gasteiger partial charge on any atom is 0 e. The molecule has 1 saturated carbocycles. The van der Waals surface area contributed by atoms with E-state index in [1.54, 1.807) is 0 Å². The summed E-state index contributed by atoms with van der Waals surface area (Å²) in [5, 5.41) is 0. The van der Waals surface area contributed by atoms with Crippen molar-refractivity contribution in [2.45, 2.75) is 38.0 Å². The van der Waals surface area contributed by atoms with E-state index >= 15 is 0 Å². The van der Waals surface area contributed by atoms with Crippen LogP contribution in [-0.2, 0) is 32.7 Å². The molecule has 1 aliphatic rings. The molecule has 1 aliphatic carbocycles. The van der Waals surface area contributed by atoms with Crippen LogP contribution < -0.4 is 0 Å². The van der Waals surface area contributed by atoms with Crippen molar-refractivity contribution in [2.24, 2.45) is 0 Å². The molecule has 1 aromatic rings. The minimum atomic E-state index is 0. The first-order chi connectivity index (χ1) is 6.36. The maximum atomic E-state index is 3.91. The summed E-state index contributed by atoms with van der Waals surface area (Å²) < 4.78 is 0. The summed E-state index contributed by atoms with van der Waals surface area (Å²) in [6, 6.07) is 8.75. The summed E-state index contributed by atoms with van der Waals surface area (Å²) in [4.78, 5) is 0. The van der Waals surface area contributed by atoms with E-state index in [2.05, 4.69) is 31.2 Å². The predicted molar refractivity (Wildman–Crippen MR) is 56.7 cm³/mol. The zero-order chi connectivity index (χ0) is 9.10. The standard InChI is InChI=1S/C13H17.Y/c1-11-7-9-13(10-8-11)12-5-3-2-4-6-12;/h7-10,12H,1-6H2;/q-1;. The first-order valence-corrected chi connectivity index (χ1v) is 5.28. The average molecular weight is 262 g/mol. The van der Waals surface area contributed by atoms with Crippen LogP contribution in [0.15, 0.2) is 24.3 Å². The smallest absolute Gasteiger partial charge is 0 e. The molecule has 0 saturated heterocycles. The largest absolute Gasteiger partial charge is 0.199 e. The average Bonchev–Trinajstić information content (AvgIpc) is 2.20. The molecule has 0 spiro atoms. The molecule has 1 heteroatoms. The zero-order valence-electron chi connectivity index (χ0n) is 8.71. The number of hydrogen-bond donors (Lipinski definition) is 0. The van der Waals surface area contributed by atoms with E-state index in [0.29, 0.717) is 0 Å². The van der Waals surface area contributed by atoms with Crippen LogP contribution in [0.4, 0.5) is 0 Å². The molecule has 14 heavy (non-hydrogen) atoms. The second-order valence-electron chi connectivity index (χ2n) is 4.08. The molecule has 0 bridgehead atoms. The summed E-state index contributed by atoms with van der Waals surface area (Å²) in [7, 11) is 0. The van der Waals surface area contributed by atoms with Crippen LogP contribution in [-0.4, -0.2) is 0 Å². The molecular formula is C13H17Y-. The third-order valence-corrected chi connectivity index (χ3v) is 3.06. The Bertz CT molecular complexity index is 257. The number of hydrogen-bond acceptors (Lipinski definition) is 0. The Hall–Kier alpha value is 0.194. The summed E-state index contributed by atoms with van der Waals surface area (Å²) in [5.74, 6) is 0.828. The van der Waals surface area contributed by atoms with Gasteiger partial charge in [-0.1, -0.05) is 24.8 Å². The van der Waals surface area contributed by atoms with E-state index in [1.807, 2.05) is 0 Å². The van der Waals surface area contributed by atoms with Crippen molar-refractivity contribution in [3.8, 4) is 0 Å². The predicted octanol–water partition coefficient (Wildman–Crippen LogP) is 3.91. The van der Waals surface area contributed by atoms with Gasteiger partial charge < -0.3 is 0 Å². The van der Waals surface area contributed by atoms with Gasteiger partial charge in [-0.05, 0) is 18.8 Å². The zero-order valence-corrected chi connectivity index (χ0v) is 11.5. The molecule has 0 N–H and O–H groups in total. The van der Waals surface area contributed by atoms with Gasteiger partial charge in [-0.15, -0.1) is 12.1 Å². The molecule has 1 radical (unpaired) electrons. The van der Waals surface area contributed by atoms with Crippen LogP contribution in [0.25, 0.3) is 0 Å². The van der Waals surface area contributed by atoms with Crippen molar-refractivity contribution < 1.29 is 32.7 Å². The molecule has 0 atom stereocenters. The van der Waals surface area contributed by atoms with Crippen molar-refractivity contribution >= 4 is 0 Å². The van der Waals surface area contributed by atoms with Crippen molar-refractivity contribution in [3.63, 3.8) is 0 Å². The van der Waals surface area contributed by atoms with Gasteiger partial charge in [0.1, 0.15) is 0 Å². The Morgan fingerprint density at radius 2 is 1.50 bits per heavy atom. The van der Waals surface area contributed by atoms with Gasteiger partial charge in [-0.2, -0.15) is 24.6 Å². The Morgan fingerprint density at radius 1 is 0.929 bits per heavy atom. The molecule has 0 heterocycles. The van der Waals surface area contributed by atoms with Gasteiger partial charge in [0.2, 0.25) is 0 Å². The van der Waals surface area contributed by atoms with Gasteiger partial charge in [-0.3, -0.25) is 0 Å². The fraction of sp³-hybridized carbons (Fsp3) is 0.462. The molecule has 1 fully saturated rings. The van der Waals surface area contributed by atoms with Gasteiger partial charge in [0.15, 0.2) is 0 Å². The summed E-state index contributed by atoms with van der Waals surface area (Å²) >= 11 is 0. The van der Waals surface area contributed by atoms with Crippen LogP contribution in [0.3, 0.4) is 0 Å². The monoisotopic (exact) mass is 262 g/mol. The second kappa shape index (κ2) is 5.93. The van der Waals surface area contributed by atoms with E-state index < -0.39 is 0 Å². The molecule has 0 aliphatic heterocycles. The van der Waals surface area contributed by atoms with Gasteiger partial charge in [-0.25, -0.2) is 0 Å². The fourth-order valence-electron chi connectivity index (χ4n) is 2.23. The van der Waals surface area contributed by atoms with E-state index in [4.69, 9.17) is 0 Å². The van der Waals surface area contributed by atoms with E-state index in [0.717, 1.165) is 11.5 Å². The molecular weight excluding hydrogens is 245 g/mol. The summed E-state index contributed by atoms with van der Waals surface area (Å²) in [5.41, 5.74) is 2.65. The van der Waals surface area contributed by atoms with Crippen molar-refractivity contribution in [1.82, 2.24) is 0 Å². The Morgan fingerprint density at radius 3 is 2.07 bits per heavy atom. The Kier molecular flexibility index (Phi) is 5.19. The topological polar surface area (TPSA) is 0 Å². The summed E-state index contributed by atoms with van der Waals surface area (Å²) in [6.07, 6.45) is 7.03. The molecule has 73 valence electrons.